The Bertz CT molecular complexity index is 373. The second kappa shape index (κ2) is 5.65. The van der Waals surface area contributed by atoms with Crippen LogP contribution in [0.2, 0.25) is 0 Å². The van der Waals surface area contributed by atoms with E-state index in [2.05, 4.69) is 0 Å². The van der Waals surface area contributed by atoms with Crippen LogP contribution < -0.4 is 5.73 Å². The molecule has 5 heteroatoms. The van der Waals surface area contributed by atoms with Gasteiger partial charge in [0.1, 0.15) is 0 Å². The molecule has 1 aromatic rings. The Morgan fingerprint density at radius 1 is 1.35 bits per heavy atom. The van der Waals surface area contributed by atoms with Crippen molar-refractivity contribution in [3.63, 3.8) is 0 Å². The molecule has 94 valence electrons. The highest BCUT2D eigenvalue weighted by atomic mass is 16.5. The molecular weight excluding hydrogens is 222 g/mol. The largest absolute Gasteiger partial charge is 0.462 e. The first kappa shape index (κ1) is 13.5. The van der Waals surface area contributed by atoms with E-state index in [0.717, 1.165) is 0 Å². The van der Waals surface area contributed by atoms with Gasteiger partial charge in [0, 0.05) is 12.1 Å². The highest BCUT2D eigenvalue weighted by Crippen LogP contribution is 2.12. The van der Waals surface area contributed by atoms with Crippen LogP contribution in [0.25, 0.3) is 0 Å². The summed E-state index contributed by atoms with van der Waals surface area (Å²) in [6.07, 6.45) is 0.177. The molecule has 17 heavy (non-hydrogen) atoms. The summed E-state index contributed by atoms with van der Waals surface area (Å²) in [5.41, 5.74) is 6.44. The van der Waals surface area contributed by atoms with Crippen molar-refractivity contribution < 1.29 is 19.7 Å². The zero-order valence-electron chi connectivity index (χ0n) is 9.72. The number of rotatable bonds is 5. The van der Waals surface area contributed by atoms with Gasteiger partial charge < -0.3 is 20.7 Å². The molecule has 0 fully saturated rings. The molecule has 1 rings (SSSR count). The molecule has 0 atom stereocenters. The molecule has 0 aliphatic rings. The molecule has 0 amide bonds. The van der Waals surface area contributed by atoms with Crippen molar-refractivity contribution >= 4 is 11.7 Å². The fourth-order valence-corrected chi connectivity index (χ4v) is 1.19. The normalized spacial score (nSPS) is 11.2. The lowest BCUT2D eigenvalue weighted by atomic mass is 10.1. The minimum Gasteiger partial charge on any atom is -0.462 e. The number of nitrogen functional groups attached to an aromatic ring is 1. The minimum atomic E-state index is -1.78. The lowest BCUT2D eigenvalue weighted by Gasteiger charge is -2.19. The Hall–Kier alpha value is -1.59. The number of ether oxygens (including phenoxy) is 1. The Labute approximate surface area is 99.8 Å². The monoisotopic (exact) mass is 239 g/mol. The van der Waals surface area contributed by atoms with Crippen molar-refractivity contribution in [2.45, 2.75) is 25.6 Å². The maximum absolute atomic E-state index is 11.5. The molecule has 0 aliphatic heterocycles. The lowest BCUT2D eigenvalue weighted by Crippen LogP contribution is -2.29. The lowest BCUT2D eigenvalue weighted by molar-refractivity contribution is -0.172. The number of anilines is 1. The second-order valence-corrected chi connectivity index (χ2v) is 3.84. The van der Waals surface area contributed by atoms with Crippen molar-refractivity contribution in [2.75, 3.05) is 12.3 Å². The van der Waals surface area contributed by atoms with Crippen LogP contribution in [0.5, 0.6) is 0 Å². The van der Waals surface area contributed by atoms with Crippen LogP contribution in [-0.2, 0) is 4.74 Å². The SMILES string of the molecule is CCC(O)(O)CCOC(=O)c1ccc(N)cc1. The number of carbonyl (C=O) groups is 1. The third kappa shape index (κ3) is 4.42. The Balaban J connectivity index is 2.43. The average Bonchev–Trinajstić information content (AvgIpc) is 2.29. The zero-order valence-corrected chi connectivity index (χ0v) is 9.72. The predicted octanol–water partition coefficient (Wildman–Crippen LogP) is 0.907. The smallest absolute Gasteiger partial charge is 0.338 e. The number of aliphatic hydroxyl groups is 2. The Kier molecular flexibility index (Phi) is 4.48. The highest BCUT2D eigenvalue weighted by Gasteiger charge is 2.20. The number of nitrogens with two attached hydrogens (primary N) is 1. The van der Waals surface area contributed by atoms with E-state index >= 15 is 0 Å². The van der Waals surface area contributed by atoms with Gasteiger partial charge in [-0.1, -0.05) is 6.92 Å². The van der Waals surface area contributed by atoms with Gasteiger partial charge in [0.25, 0.3) is 0 Å². The predicted molar refractivity (Wildman–Crippen MR) is 63.2 cm³/mol. The van der Waals surface area contributed by atoms with Gasteiger partial charge in [0.15, 0.2) is 5.79 Å². The second-order valence-electron chi connectivity index (χ2n) is 3.84. The molecule has 0 radical (unpaired) electrons. The summed E-state index contributed by atoms with van der Waals surface area (Å²) >= 11 is 0. The van der Waals surface area contributed by atoms with Crippen LogP contribution in [0.3, 0.4) is 0 Å². The van der Waals surface area contributed by atoms with Gasteiger partial charge in [0.05, 0.1) is 12.2 Å². The van der Waals surface area contributed by atoms with E-state index in [1.165, 1.54) is 0 Å². The fraction of sp³-hybridized carbons (Fsp3) is 0.417. The van der Waals surface area contributed by atoms with Crippen molar-refractivity contribution in [2.24, 2.45) is 0 Å². The summed E-state index contributed by atoms with van der Waals surface area (Å²) in [7, 11) is 0. The molecule has 0 aromatic heterocycles. The fourth-order valence-electron chi connectivity index (χ4n) is 1.19. The Morgan fingerprint density at radius 3 is 2.47 bits per heavy atom. The van der Waals surface area contributed by atoms with E-state index in [0.29, 0.717) is 11.3 Å². The first-order valence-corrected chi connectivity index (χ1v) is 5.42. The summed E-state index contributed by atoms with van der Waals surface area (Å²) in [6, 6.07) is 6.32. The van der Waals surface area contributed by atoms with Gasteiger partial charge in [-0.05, 0) is 30.7 Å². The van der Waals surface area contributed by atoms with Crippen molar-refractivity contribution in [1.29, 1.82) is 0 Å². The first-order valence-electron chi connectivity index (χ1n) is 5.42. The van der Waals surface area contributed by atoms with Gasteiger partial charge in [0.2, 0.25) is 0 Å². The van der Waals surface area contributed by atoms with E-state index in [1.807, 2.05) is 0 Å². The van der Waals surface area contributed by atoms with Crippen LogP contribution in [0.4, 0.5) is 5.69 Å². The molecule has 5 nitrogen and oxygen atoms in total. The van der Waals surface area contributed by atoms with Crippen LogP contribution in [-0.4, -0.2) is 28.6 Å². The minimum absolute atomic E-state index is 0.00971. The molecule has 0 spiro atoms. The molecule has 0 saturated carbocycles. The molecule has 4 N–H and O–H groups in total. The topological polar surface area (TPSA) is 92.8 Å². The van der Waals surface area contributed by atoms with Crippen molar-refractivity contribution in [1.82, 2.24) is 0 Å². The van der Waals surface area contributed by atoms with Crippen molar-refractivity contribution in [3.05, 3.63) is 29.8 Å². The maximum Gasteiger partial charge on any atom is 0.338 e. The van der Waals surface area contributed by atoms with Gasteiger partial charge in [-0.25, -0.2) is 4.79 Å². The summed E-state index contributed by atoms with van der Waals surface area (Å²) < 4.78 is 4.91. The van der Waals surface area contributed by atoms with Crippen LogP contribution >= 0.6 is 0 Å². The third-order valence-corrected chi connectivity index (χ3v) is 2.45. The summed E-state index contributed by atoms with van der Waals surface area (Å²) in [5, 5.41) is 18.6. The number of hydrogen-bond donors (Lipinski definition) is 3. The van der Waals surface area contributed by atoms with Gasteiger partial charge in [-0.2, -0.15) is 0 Å². The average molecular weight is 239 g/mol. The summed E-state index contributed by atoms with van der Waals surface area (Å²) in [5.74, 6) is -2.28. The molecule has 1 aromatic carbocycles. The van der Waals surface area contributed by atoms with E-state index in [9.17, 15) is 15.0 Å². The van der Waals surface area contributed by atoms with E-state index in [4.69, 9.17) is 10.5 Å². The number of benzene rings is 1. The summed E-state index contributed by atoms with van der Waals surface area (Å²) in [4.78, 5) is 11.5. The quantitative estimate of drug-likeness (QED) is 0.403. The highest BCUT2D eigenvalue weighted by molar-refractivity contribution is 5.89. The number of carbonyl (C=O) groups excluding carboxylic acids is 1. The molecule has 0 aliphatic carbocycles. The van der Waals surface area contributed by atoms with E-state index < -0.39 is 11.8 Å². The molecule has 0 unspecified atom stereocenters. The van der Waals surface area contributed by atoms with Gasteiger partial charge in [-0.3, -0.25) is 0 Å². The van der Waals surface area contributed by atoms with Gasteiger partial charge >= 0.3 is 5.97 Å². The van der Waals surface area contributed by atoms with E-state index in [-0.39, 0.29) is 19.4 Å². The van der Waals surface area contributed by atoms with E-state index in [1.54, 1.807) is 31.2 Å². The van der Waals surface area contributed by atoms with Crippen LogP contribution in [0.1, 0.15) is 30.1 Å². The van der Waals surface area contributed by atoms with Crippen LogP contribution in [0, 0.1) is 0 Å². The molecule has 0 saturated heterocycles. The molecular formula is C12H17NO4. The number of hydrogen-bond acceptors (Lipinski definition) is 5. The van der Waals surface area contributed by atoms with Crippen LogP contribution in [0.15, 0.2) is 24.3 Å². The summed E-state index contributed by atoms with van der Waals surface area (Å²) in [6.45, 7) is 1.60. The standard InChI is InChI=1S/C12H17NO4/c1-2-12(15,16)7-8-17-11(14)9-3-5-10(13)6-4-9/h3-6,15-16H,2,7-8,13H2,1H3. The maximum atomic E-state index is 11.5. The molecule has 0 heterocycles. The first-order chi connectivity index (χ1) is 7.94. The zero-order chi connectivity index (χ0) is 12.9. The number of esters is 1. The third-order valence-electron chi connectivity index (χ3n) is 2.45. The molecule has 0 bridgehead atoms. The Morgan fingerprint density at radius 2 is 1.94 bits per heavy atom. The van der Waals surface area contributed by atoms with Gasteiger partial charge in [-0.15, -0.1) is 0 Å². The van der Waals surface area contributed by atoms with Crippen molar-refractivity contribution in [3.8, 4) is 0 Å².